The van der Waals surface area contributed by atoms with Crippen molar-refractivity contribution in [3.05, 3.63) is 0 Å². The van der Waals surface area contributed by atoms with Gasteiger partial charge in [-0.3, -0.25) is 0 Å². The van der Waals surface area contributed by atoms with Crippen LogP contribution in [0.15, 0.2) is 0 Å². The first-order valence-electron chi connectivity index (χ1n) is 0. The molecule has 0 aliphatic rings. The maximum atomic E-state index is 0. The molecule has 0 atom stereocenters. The number of hydrogen-bond acceptors (Lipinski definition) is 0. The second kappa shape index (κ2) is 37.5. The van der Waals surface area contributed by atoms with Crippen molar-refractivity contribution in [3.63, 3.8) is 0 Å². The third kappa shape index (κ3) is 24.0. The van der Waals surface area contributed by atoms with Crippen molar-refractivity contribution in [2.75, 3.05) is 0 Å². The van der Waals surface area contributed by atoms with Crippen LogP contribution in [0.5, 0.6) is 0 Å². The monoisotopic (exact) mass is 251 g/mol. The summed E-state index contributed by atoms with van der Waals surface area (Å²) >= 11 is 0. The Hall–Kier alpha value is 2.00. The molecule has 5 heavy (non-hydrogen) atoms. The fourth-order valence-electron chi connectivity index (χ4n) is 0. The fourth-order valence-corrected chi connectivity index (χ4v) is 0. The van der Waals surface area contributed by atoms with Crippen LogP contribution < -0.4 is 0 Å². The van der Waals surface area contributed by atoms with Gasteiger partial charge in [0.2, 0.25) is 0 Å². The third-order valence-electron chi connectivity index (χ3n) is 0. The Balaban J connectivity index is 0. The van der Waals surface area contributed by atoms with E-state index >= 15 is 0 Å². The maximum absolute atomic E-state index is 0. The standard InChI is InChI=1S/Co.Cu.Mn.Ni.O/q;;+2;;-2. The van der Waals surface area contributed by atoms with Crippen LogP contribution in [0.4, 0.5) is 0 Å². The van der Waals surface area contributed by atoms with E-state index in [4.69, 9.17) is 0 Å². The molecule has 0 aliphatic carbocycles. The van der Waals surface area contributed by atoms with Gasteiger partial charge in [-0.25, -0.2) is 0 Å². The summed E-state index contributed by atoms with van der Waals surface area (Å²) in [7, 11) is 0. The molecule has 0 amide bonds. The van der Waals surface area contributed by atoms with Gasteiger partial charge in [-0.05, 0) is 0 Å². The number of hydrogen-bond donors (Lipinski definition) is 0. The van der Waals surface area contributed by atoms with E-state index in [0.717, 1.165) is 0 Å². The molecule has 0 aliphatic heterocycles. The molecule has 0 aromatic heterocycles. The average molecular weight is 252 g/mol. The van der Waals surface area contributed by atoms with Crippen LogP contribution >= 0.6 is 0 Å². The normalized spacial score (nSPS) is 0. The van der Waals surface area contributed by atoms with E-state index in [0.29, 0.717) is 0 Å². The molecule has 0 aromatic rings. The second-order valence-electron chi connectivity index (χ2n) is 0. The van der Waals surface area contributed by atoms with E-state index in [1.165, 1.54) is 0 Å². The molecule has 0 aromatic carbocycles. The van der Waals surface area contributed by atoms with Crippen LogP contribution in [0.1, 0.15) is 0 Å². The Morgan fingerprint density at radius 2 is 1.00 bits per heavy atom. The minimum Gasteiger partial charge on any atom is -2.00 e. The predicted octanol–water partition coefficient (Wildman–Crippen LogP) is -0.129. The van der Waals surface area contributed by atoms with Crippen molar-refractivity contribution in [1.29, 1.82) is 0 Å². The molecular formula is CoCuMnNiO. The van der Waals surface area contributed by atoms with Gasteiger partial charge in [0, 0.05) is 50.3 Å². The first-order valence-corrected chi connectivity index (χ1v) is 0. The molecule has 0 unspecified atom stereocenters. The minimum atomic E-state index is 0. The van der Waals surface area contributed by atoms with Crippen molar-refractivity contribution in [2.45, 2.75) is 0 Å². The topological polar surface area (TPSA) is 28.5 Å². The van der Waals surface area contributed by atoms with Gasteiger partial charge >= 0.3 is 17.1 Å². The Morgan fingerprint density at radius 3 is 1.00 bits per heavy atom. The summed E-state index contributed by atoms with van der Waals surface area (Å²) in [6.07, 6.45) is 0. The minimum absolute atomic E-state index is 0. The first kappa shape index (κ1) is 63.0. The second-order valence-corrected chi connectivity index (χ2v) is 0. The van der Waals surface area contributed by atoms with E-state index in [9.17, 15) is 0 Å². The van der Waals surface area contributed by atoms with Crippen molar-refractivity contribution in [3.8, 4) is 0 Å². The maximum Gasteiger partial charge on any atom is 2.00 e. The molecule has 0 rings (SSSR count). The van der Waals surface area contributed by atoms with Gasteiger partial charge in [-0.15, -0.1) is 0 Å². The first-order chi connectivity index (χ1) is 0. The van der Waals surface area contributed by atoms with Gasteiger partial charge in [0.25, 0.3) is 0 Å². The van der Waals surface area contributed by atoms with E-state index in [-0.39, 0.29) is 72.9 Å². The molecular weight excluding hydrogens is 252 g/mol. The van der Waals surface area contributed by atoms with Gasteiger partial charge < -0.3 is 5.48 Å². The van der Waals surface area contributed by atoms with Crippen LogP contribution in [0.2, 0.25) is 0 Å². The van der Waals surface area contributed by atoms with Gasteiger partial charge in [0.1, 0.15) is 0 Å². The van der Waals surface area contributed by atoms with Crippen LogP contribution in [0.3, 0.4) is 0 Å². The molecule has 0 fully saturated rings. The smallest absolute Gasteiger partial charge is 2.00 e. The quantitative estimate of drug-likeness (QED) is 0.537. The van der Waals surface area contributed by atoms with Gasteiger partial charge in [-0.1, -0.05) is 0 Å². The summed E-state index contributed by atoms with van der Waals surface area (Å²) in [6, 6.07) is 0. The van der Waals surface area contributed by atoms with Crippen LogP contribution in [0, 0.1) is 0 Å². The van der Waals surface area contributed by atoms with E-state index < -0.39 is 0 Å². The van der Waals surface area contributed by atoms with Crippen LogP contribution in [-0.2, 0) is 72.9 Å². The molecule has 0 N–H and O–H groups in total. The summed E-state index contributed by atoms with van der Waals surface area (Å²) in [5, 5.41) is 0. The largest absolute Gasteiger partial charge is 2.00 e. The summed E-state index contributed by atoms with van der Waals surface area (Å²) in [5.41, 5.74) is 0. The molecule has 0 saturated carbocycles. The van der Waals surface area contributed by atoms with Gasteiger partial charge in [0.15, 0.2) is 0 Å². The van der Waals surface area contributed by atoms with E-state index in [1.807, 2.05) is 0 Å². The Bertz CT molecular complexity index is 11.6. The van der Waals surface area contributed by atoms with Crippen molar-refractivity contribution >= 4 is 0 Å². The zero-order chi connectivity index (χ0) is 0. The van der Waals surface area contributed by atoms with Crippen LogP contribution in [-0.4, -0.2) is 0 Å². The predicted molar refractivity (Wildman–Crippen MR) is 0.686 cm³/mol. The molecule has 43 valence electrons. The van der Waals surface area contributed by atoms with Crippen molar-refractivity contribution in [1.82, 2.24) is 0 Å². The van der Waals surface area contributed by atoms with E-state index in [2.05, 4.69) is 0 Å². The Kier molecular flexibility index (Phi) is 473. The van der Waals surface area contributed by atoms with E-state index in [1.54, 1.807) is 0 Å². The molecule has 0 saturated heterocycles. The Morgan fingerprint density at radius 1 is 1.00 bits per heavy atom. The van der Waals surface area contributed by atoms with Crippen molar-refractivity contribution in [2.24, 2.45) is 0 Å². The Labute approximate surface area is 72.4 Å². The number of rotatable bonds is 0. The zero-order valence-electron chi connectivity index (χ0n) is 1.74. The summed E-state index contributed by atoms with van der Waals surface area (Å²) in [4.78, 5) is 0. The third-order valence-corrected chi connectivity index (χ3v) is 0. The van der Waals surface area contributed by atoms with Crippen molar-refractivity contribution < 1.29 is 72.9 Å². The summed E-state index contributed by atoms with van der Waals surface area (Å²) in [6.45, 7) is 0. The fraction of sp³-hybridized carbons (Fsp3) is 0. The SMILES string of the molecule is [Co].[Cu].[Mn+2].[Ni].[O-2]. The summed E-state index contributed by atoms with van der Waals surface area (Å²) in [5.74, 6) is 0. The molecule has 1 nitrogen and oxygen atoms in total. The molecule has 0 bridgehead atoms. The average Bonchev–Trinajstić information content (AvgIpc) is 0. The van der Waals surface area contributed by atoms with Gasteiger partial charge in [-0.2, -0.15) is 0 Å². The molecule has 5 heteroatoms. The molecule has 0 heterocycles. The molecule has 0 spiro atoms. The van der Waals surface area contributed by atoms with Gasteiger partial charge in [0.05, 0.1) is 0 Å². The molecule has 3 radical (unpaired) electrons. The van der Waals surface area contributed by atoms with Crippen LogP contribution in [0.25, 0.3) is 0 Å². The summed E-state index contributed by atoms with van der Waals surface area (Å²) < 4.78 is 0. The zero-order valence-corrected chi connectivity index (χ0v) is 5.89.